The van der Waals surface area contributed by atoms with Gasteiger partial charge in [-0.1, -0.05) is 19.1 Å². The Hall–Kier alpha value is -1.65. The lowest BCUT2D eigenvalue weighted by molar-refractivity contribution is 0.158. The summed E-state index contributed by atoms with van der Waals surface area (Å²) in [5.41, 5.74) is 8.58. The summed E-state index contributed by atoms with van der Waals surface area (Å²) in [5.74, 6) is 0.592. The van der Waals surface area contributed by atoms with Crippen molar-refractivity contribution in [3.63, 3.8) is 0 Å². The monoisotopic (exact) mass is 270 g/mol. The van der Waals surface area contributed by atoms with E-state index in [4.69, 9.17) is 5.73 Å². The highest BCUT2D eigenvalue weighted by atomic mass is 15.1. The first-order chi connectivity index (χ1) is 9.72. The van der Waals surface area contributed by atoms with Crippen LogP contribution in [0.1, 0.15) is 18.9 Å². The van der Waals surface area contributed by atoms with Crippen LogP contribution in [0.5, 0.6) is 0 Å². The molecule has 2 aromatic rings. The number of benzene rings is 1. The molecule has 0 spiro atoms. The summed E-state index contributed by atoms with van der Waals surface area (Å²) >= 11 is 0. The minimum Gasteiger partial charge on any atom is -0.327 e. The summed E-state index contributed by atoms with van der Waals surface area (Å²) in [4.78, 5) is 6.57. The lowest BCUT2D eigenvalue weighted by atomic mass is 9.94. The van der Waals surface area contributed by atoms with E-state index >= 15 is 0 Å². The first kappa shape index (κ1) is 13.3. The van der Waals surface area contributed by atoms with Gasteiger partial charge in [-0.2, -0.15) is 0 Å². The number of hydrogen-bond acceptors (Lipinski definition) is 3. The van der Waals surface area contributed by atoms with Gasteiger partial charge < -0.3 is 10.3 Å². The molecule has 1 aromatic heterocycles. The molecule has 2 atom stereocenters. The van der Waals surface area contributed by atoms with Gasteiger partial charge >= 0.3 is 0 Å². The van der Waals surface area contributed by atoms with Crippen LogP contribution in [0, 0.1) is 5.92 Å². The van der Waals surface area contributed by atoms with Gasteiger partial charge in [0, 0.05) is 37.2 Å². The van der Waals surface area contributed by atoms with Crippen molar-refractivity contribution >= 4 is 0 Å². The van der Waals surface area contributed by atoms with Crippen LogP contribution in [0.4, 0.5) is 0 Å². The van der Waals surface area contributed by atoms with Crippen molar-refractivity contribution in [1.29, 1.82) is 0 Å². The Morgan fingerprint density at radius 1 is 1.30 bits per heavy atom. The molecule has 0 saturated carbocycles. The average molecular weight is 270 g/mol. The first-order valence-corrected chi connectivity index (χ1v) is 7.27. The van der Waals surface area contributed by atoms with Crippen molar-refractivity contribution in [3.05, 3.63) is 48.5 Å². The number of aromatic nitrogens is 2. The van der Waals surface area contributed by atoms with E-state index in [0.717, 1.165) is 31.7 Å². The standard InChI is InChI=1S/C16H22N4/c1-13-10-19(8-6-16(13)17)11-14-2-4-15(5-3-14)20-9-7-18-12-20/h2-5,7,9,12-13,16H,6,8,10-11,17H2,1H3. The third-order valence-corrected chi connectivity index (χ3v) is 4.20. The second-order valence-electron chi connectivity index (χ2n) is 5.80. The molecule has 4 heteroatoms. The largest absolute Gasteiger partial charge is 0.327 e. The summed E-state index contributed by atoms with van der Waals surface area (Å²) < 4.78 is 2.02. The Bertz CT molecular complexity index is 532. The van der Waals surface area contributed by atoms with Crippen LogP contribution in [0.2, 0.25) is 0 Å². The molecule has 2 unspecified atom stereocenters. The highest BCUT2D eigenvalue weighted by molar-refractivity contribution is 5.34. The Kier molecular flexibility index (Phi) is 3.85. The fourth-order valence-electron chi connectivity index (χ4n) is 2.84. The van der Waals surface area contributed by atoms with Gasteiger partial charge in [0.2, 0.25) is 0 Å². The molecule has 1 aromatic carbocycles. The maximum atomic E-state index is 6.07. The third-order valence-electron chi connectivity index (χ3n) is 4.20. The van der Waals surface area contributed by atoms with Crippen LogP contribution in [-0.2, 0) is 6.54 Å². The van der Waals surface area contributed by atoms with Crippen molar-refractivity contribution in [1.82, 2.24) is 14.5 Å². The van der Waals surface area contributed by atoms with E-state index in [1.54, 1.807) is 6.20 Å². The zero-order chi connectivity index (χ0) is 13.9. The van der Waals surface area contributed by atoms with Crippen molar-refractivity contribution in [2.45, 2.75) is 25.9 Å². The van der Waals surface area contributed by atoms with Crippen LogP contribution in [0.15, 0.2) is 43.0 Å². The molecule has 4 nitrogen and oxygen atoms in total. The lowest BCUT2D eigenvalue weighted by Gasteiger charge is -2.35. The molecule has 106 valence electrons. The zero-order valence-electron chi connectivity index (χ0n) is 11.9. The molecule has 1 fully saturated rings. The topological polar surface area (TPSA) is 47.1 Å². The fourth-order valence-corrected chi connectivity index (χ4v) is 2.84. The summed E-state index contributed by atoms with van der Waals surface area (Å²) in [6.45, 7) is 5.47. The lowest BCUT2D eigenvalue weighted by Crippen LogP contribution is -2.45. The van der Waals surface area contributed by atoms with E-state index < -0.39 is 0 Å². The molecular formula is C16H22N4. The van der Waals surface area contributed by atoms with Gasteiger partial charge in [-0.25, -0.2) is 4.98 Å². The molecular weight excluding hydrogens is 248 g/mol. The SMILES string of the molecule is CC1CN(Cc2ccc(-n3ccnc3)cc2)CCC1N. The molecule has 1 aliphatic heterocycles. The minimum absolute atomic E-state index is 0.370. The maximum absolute atomic E-state index is 6.07. The summed E-state index contributed by atoms with van der Waals surface area (Å²) in [6.07, 6.45) is 6.69. The van der Waals surface area contributed by atoms with Crippen molar-refractivity contribution in [2.75, 3.05) is 13.1 Å². The first-order valence-electron chi connectivity index (χ1n) is 7.27. The number of hydrogen-bond donors (Lipinski definition) is 1. The van der Waals surface area contributed by atoms with Gasteiger partial charge in [-0.15, -0.1) is 0 Å². The normalized spacial score (nSPS) is 23.9. The van der Waals surface area contributed by atoms with Crippen molar-refractivity contribution in [3.8, 4) is 5.69 Å². The van der Waals surface area contributed by atoms with Crippen molar-refractivity contribution in [2.24, 2.45) is 11.7 Å². The third kappa shape index (κ3) is 2.92. The number of imidazole rings is 1. The molecule has 1 saturated heterocycles. The van der Waals surface area contributed by atoms with Gasteiger partial charge in [0.1, 0.15) is 0 Å². The van der Waals surface area contributed by atoms with Crippen LogP contribution in [-0.4, -0.2) is 33.6 Å². The average Bonchev–Trinajstić information content (AvgIpc) is 2.98. The number of likely N-dealkylation sites (tertiary alicyclic amines) is 1. The molecule has 2 heterocycles. The molecule has 3 rings (SSSR count). The van der Waals surface area contributed by atoms with Crippen LogP contribution < -0.4 is 5.73 Å². The predicted molar refractivity (Wildman–Crippen MR) is 80.6 cm³/mol. The molecule has 0 amide bonds. The van der Waals surface area contributed by atoms with E-state index in [1.807, 2.05) is 17.1 Å². The number of piperidine rings is 1. The second kappa shape index (κ2) is 5.77. The number of rotatable bonds is 3. The number of nitrogens with zero attached hydrogens (tertiary/aromatic N) is 3. The summed E-state index contributed by atoms with van der Waals surface area (Å²) in [7, 11) is 0. The van der Waals surface area contributed by atoms with E-state index in [2.05, 4.69) is 41.1 Å². The van der Waals surface area contributed by atoms with Crippen LogP contribution in [0.25, 0.3) is 5.69 Å². The van der Waals surface area contributed by atoms with E-state index in [9.17, 15) is 0 Å². The van der Waals surface area contributed by atoms with E-state index in [0.29, 0.717) is 12.0 Å². The molecule has 0 aliphatic carbocycles. The molecule has 0 radical (unpaired) electrons. The molecule has 1 aliphatic rings. The van der Waals surface area contributed by atoms with Gasteiger partial charge in [0.05, 0.1) is 6.33 Å². The number of nitrogens with two attached hydrogens (primary N) is 1. The van der Waals surface area contributed by atoms with E-state index in [1.165, 1.54) is 5.56 Å². The molecule has 2 N–H and O–H groups in total. The van der Waals surface area contributed by atoms with Gasteiger partial charge in [0.25, 0.3) is 0 Å². The second-order valence-corrected chi connectivity index (χ2v) is 5.80. The zero-order valence-corrected chi connectivity index (χ0v) is 11.9. The highest BCUT2D eigenvalue weighted by Crippen LogP contribution is 2.18. The fraction of sp³-hybridized carbons (Fsp3) is 0.438. The predicted octanol–water partition coefficient (Wildman–Crippen LogP) is 2.04. The van der Waals surface area contributed by atoms with Crippen molar-refractivity contribution < 1.29 is 0 Å². The van der Waals surface area contributed by atoms with Gasteiger partial charge in [0.15, 0.2) is 0 Å². The van der Waals surface area contributed by atoms with Gasteiger partial charge in [-0.05, 0) is 36.6 Å². The Balaban J connectivity index is 1.64. The summed E-state index contributed by atoms with van der Waals surface area (Å²) in [5, 5.41) is 0. The Morgan fingerprint density at radius 2 is 2.10 bits per heavy atom. The van der Waals surface area contributed by atoms with Crippen LogP contribution in [0.3, 0.4) is 0 Å². The summed E-state index contributed by atoms with van der Waals surface area (Å²) in [6, 6.07) is 9.07. The Labute approximate surface area is 120 Å². The highest BCUT2D eigenvalue weighted by Gasteiger charge is 2.22. The van der Waals surface area contributed by atoms with Gasteiger partial charge in [-0.3, -0.25) is 4.90 Å². The molecule has 0 bridgehead atoms. The quantitative estimate of drug-likeness (QED) is 0.928. The maximum Gasteiger partial charge on any atom is 0.0991 e. The van der Waals surface area contributed by atoms with E-state index in [-0.39, 0.29) is 0 Å². The molecule has 20 heavy (non-hydrogen) atoms. The smallest absolute Gasteiger partial charge is 0.0991 e. The Morgan fingerprint density at radius 3 is 2.75 bits per heavy atom. The minimum atomic E-state index is 0.370. The van der Waals surface area contributed by atoms with Crippen LogP contribution >= 0.6 is 0 Å².